The minimum atomic E-state index is -3.59. The summed E-state index contributed by atoms with van der Waals surface area (Å²) in [6.45, 7) is 0.314. The van der Waals surface area contributed by atoms with Crippen molar-refractivity contribution >= 4 is 38.9 Å². The van der Waals surface area contributed by atoms with E-state index in [1.807, 2.05) is 43.3 Å². The quantitative estimate of drug-likeness (QED) is 0.689. The van der Waals surface area contributed by atoms with Crippen molar-refractivity contribution in [3.05, 3.63) is 54.6 Å². The molecule has 0 aliphatic heterocycles. The van der Waals surface area contributed by atoms with Crippen LogP contribution in [0.3, 0.4) is 0 Å². The van der Waals surface area contributed by atoms with E-state index in [0.29, 0.717) is 17.9 Å². The number of nitrogens with one attached hydrogen (secondary N) is 2. The number of halogens is 1. The van der Waals surface area contributed by atoms with E-state index in [-0.39, 0.29) is 12.4 Å². The molecule has 3 rings (SSSR count). The molecule has 0 spiro atoms. The average Bonchev–Trinajstić information content (AvgIpc) is 3.06. The van der Waals surface area contributed by atoms with E-state index in [0.717, 1.165) is 22.2 Å². The van der Waals surface area contributed by atoms with Gasteiger partial charge >= 0.3 is 0 Å². The molecule has 0 bridgehead atoms. The lowest BCUT2D eigenvalue weighted by molar-refractivity contribution is 0.582. The zero-order valence-electron chi connectivity index (χ0n) is 14.1. The van der Waals surface area contributed by atoms with Crippen molar-refractivity contribution < 1.29 is 8.42 Å². The molecule has 1 aromatic heterocycles. The Kier molecular flexibility index (Phi) is 6.05. The van der Waals surface area contributed by atoms with Gasteiger partial charge in [0.05, 0.1) is 11.2 Å². The summed E-state index contributed by atoms with van der Waals surface area (Å²) in [5.74, 6) is 0. The van der Waals surface area contributed by atoms with Gasteiger partial charge in [0.15, 0.2) is 0 Å². The molecule has 0 radical (unpaired) electrons. The first kappa shape index (κ1) is 19.2. The third-order valence-corrected chi connectivity index (χ3v) is 5.39. The molecule has 0 aliphatic carbocycles. The van der Waals surface area contributed by atoms with Gasteiger partial charge in [-0.25, -0.2) is 18.1 Å². The zero-order valence-corrected chi connectivity index (χ0v) is 15.7. The van der Waals surface area contributed by atoms with E-state index in [1.54, 1.807) is 24.7 Å². The topological polar surface area (TPSA) is 78.1 Å². The van der Waals surface area contributed by atoms with E-state index < -0.39 is 10.0 Å². The van der Waals surface area contributed by atoms with Crippen LogP contribution in [0.5, 0.6) is 0 Å². The van der Waals surface area contributed by atoms with Gasteiger partial charge in [-0.2, -0.15) is 0 Å². The number of H-pyrrole nitrogens is 1. The Morgan fingerprint density at radius 3 is 2.52 bits per heavy atom. The first-order valence-electron chi connectivity index (χ1n) is 7.65. The number of nitrogens with zero attached hydrogens (tertiary/aromatic N) is 2. The molecule has 0 atom stereocenters. The standard InChI is InChI=1S/C17H20N4O2S.ClH/c1-21(2)16-7-3-6-15-14(16)5-4-8-17(15)24(22,23)20-10-9-13-11-18-12-19-13;/h3-8,11-12,20H,9-10H2,1-2H3,(H,18,19);1H. The maximum Gasteiger partial charge on any atom is 0.241 e. The van der Waals surface area contributed by atoms with Crippen molar-refractivity contribution in [3.8, 4) is 0 Å². The van der Waals surface area contributed by atoms with Gasteiger partial charge in [0.25, 0.3) is 0 Å². The van der Waals surface area contributed by atoms with Gasteiger partial charge in [-0.3, -0.25) is 0 Å². The number of imidazole rings is 1. The van der Waals surface area contributed by atoms with Crippen molar-refractivity contribution in [1.82, 2.24) is 14.7 Å². The molecule has 6 nitrogen and oxygen atoms in total. The number of aromatic nitrogens is 2. The Morgan fingerprint density at radius 2 is 1.84 bits per heavy atom. The van der Waals surface area contributed by atoms with Crippen LogP contribution < -0.4 is 9.62 Å². The molecular formula is C17H21ClN4O2S. The molecule has 3 aromatic rings. The zero-order chi connectivity index (χ0) is 17.2. The van der Waals surface area contributed by atoms with E-state index in [1.165, 1.54) is 0 Å². The molecule has 0 aliphatic rings. The Balaban J connectivity index is 0.00000225. The molecule has 1 heterocycles. The van der Waals surface area contributed by atoms with E-state index in [2.05, 4.69) is 14.7 Å². The van der Waals surface area contributed by atoms with Gasteiger partial charge in [-0.1, -0.05) is 24.3 Å². The molecule has 0 fully saturated rings. The molecule has 2 aromatic carbocycles. The van der Waals surface area contributed by atoms with Gasteiger partial charge in [0.2, 0.25) is 10.0 Å². The maximum atomic E-state index is 12.7. The van der Waals surface area contributed by atoms with Gasteiger partial charge in [-0.15, -0.1) is 12.4 Å². The molecule has 8 heteroatoms. The SMILES string of the molecule is CN(C)c1cccc2c(S(=O)(=O)NCCc3cnc[nH]3)cccc12.Cl. The highest BCUT2D eigenvalue weighted by Crippen LogP contribution is 2.29. The molecule has 0 saturated carbocycles. The average molecular weight is 381 g/mol. The number of fused-ring (bicyclic) bond motifs is 1. The first-order valence-corrected chi connectivity index (χ1v) is 9.13. The highest BCUT2D eigenvalue weighted by molar-refractivity contribution is 7.89. The fourth-order valence-corrected chi connectivity index (χ4v) is 3.96. The Labute approximate surface area is 153 Å². The first-order chi connectivity index (χ1) is 11.5. The second kappa shape index (κ2) is 7.86. The number of hydrogen-bond acceptors (Lipinski definition) is 4. The van der Waals surface area contributed by atoms with Crippen LogP contribution in [0.1, 0.15) is 5.69 Å². The Hall–Kier alpha value is -2.09. The van der Waals surface area contributed by atoms with Crippen LogP contribution in [0.4, 0.5) is 5.69 Å². The van der Waals surface area contributed by atoms with Gasteiger partial charge < -0.3 is 9.88 Å². The summed E-state index contributed by atoms with van der Waals surface area (Å²) in [7, 11) is 0.301. The predicted molar refractivity (Wildman–Crippen MR) is 103 cm³/mol. The number of aromatic amines is 1. The molecule has 134 valence electrons. The molecule has 2 N–H and O–H groups in total. The molecule has 0 saturated heterocycles. The smallest absolute Gasteiger partial charge is 0.241 e. The Morgan fingerprint density at radius 1 is 1.12 bits per heavy atom. The van der Waals surface area contributed by atoms with Gasteiger partial charge in [0.1, 0.15) is 0 Å². The highest BCUT2D eigenvalue weighted by Gasteiger charge is 2.18. The minimum Gasteiger partial charge on any atom is -0.377 e. The molecule has 25 heavy (non-hydrogen) atoms. The number of rotatable bonds is 6. The van der Waals surface area contributed by atoms with Crippen molar-refractivity contribution in [2.24, 2.45) is 0 Å². The van der Waals surface area contributed by atoms with Crippen LogP contribution >= 0.6 is 12.4 Å². The number of benzene rings is 2. The van der Waals surface area contributed by atoms with Crippen LogP contribution in [0, 0.1) is 0 Å². The summed E-state index contributed by atoms with van der Waals surface area (Å²) in [6, 6.07) is 11.0. The second-order valence-electron chi connectivity index (χ2n) is 5.75. The fourth-order valence-electron chi connectivity index (χ4n) is 2.71. The van der Waals surface area contributed by atoms with Gasteiger partial charge in [0, 0.05) is 55.4 Å². The fraction of sp³-hybridized carbons (Fsp3) is 0.235. The summed E-state index contributed by atoms with van der Waals surface area (Å²) in [5, 5.41) is 1.64. The Bertz CT molecular complexity index is 940. The lowest BCUT2D eigenvalue weighted by Gasteiger charge is -2.17. The predicted octanol–water partition coefficient (Wildman–Crippen LogP) is 2.57. The summed E-state index contributed by atoms with van der Waals surface area (Å²) in [5.41, 5.74) is 1.88. The van der Waals surface area contributed by atoms with Crippen LogP contribution in [0.15, 0.2) is 53.8 Å². The van der Waals surface area contributed by atoms with E-state index in [4.69, 9.17) is 0 Å². The van der Waals surface area contributed by atoms with Crippen LogP contribution in [0.25, 0.3) is 10.8 Å². The number of hydrogen-bond donors (Lipinski definition) is 2. The molecular weight excluding hydrogens is 360 g/mol. The normalized spacial score (nSPS) is 11.3. The van der Waals surface area contributed by atoms with Crippen LogP contribution in [0.2, 0.25) is 0 Å². The monoisotopic (exact) mass is 380 g/mol. The molecule has 0 amide bonds. The minimum absolute atomic E-state index is 0. The highest BCUT2D eigenvalue weighted by atomic mass is 35.5. The largest absolute Gasteiger partial charge is 0.377 e. The third-order valence-electron chi connectivity index (χ3n) is 3.87. The van der Waals surface area contributed by atoms with Crippen molar-refractivity contribution in [2.75, 3.05) is 25.5 Å². The third kappa shape index (κ3) is 4.12. The maximum absolute atomic E-state index is 12.7. The van der Waals surface area contributed by atoms with Crippen molar-refractivity contribution in [2.45, 2.75) is 11.3 Å². The van der Waals surface area contributed by atoms with Crippen molar-refractivity contribution in [3.63, 3.8) is 0 Å². The summed E-state index contributed by atoms with van der Waals surface area (Å²) in [4.78, 5) is 9.16. The van der Waals surface area contributed by atoms with Crippen LogP contribution in [-0.4, -0.2) is 39.0 Å². The van der Waals surface area contributed by atoms with E-state index >= 15 is 0 Å². The lowest BCUT2D eigenvalue weighted by Crippen LogP contribution is -2.26. The molecule has 0 unspecified atom stereocenters. The van der Waals surface area contributed by atoms with Gasteiger partial charge in [-0.05, 0) is 12.1 Å². The van der Waals surface area contributed by atoms with Crippen LogP contribution in [-0.2, 0) is 16.4 Å². The van der Waals surface area contributed by atoms with Crippen molar-refractivity contribution in [1.29, 1.82) is 0 Å². The number of anilines is 1. The summed E-state index contributed by atoms with van der Waals surface area (Å²) in [6.07, 6.45) is 3.83. The lowest BCUT2D eigenvalue weighted by atomic mass is 10.1. The number of sulfonamides is 1. The summed E-state index contributed by atoms with van der Waals surface area (Å²) < 4.78 is 28.1. The second-order valence-corrected chi connectivity index (χ2v) is 7.48. The summed E-state index contributed by atoms with van der Waals surface area (Å²) >= 11 is 0. The van der Waals surface area contributed by atoms with E-state index in [9.17, 15) is 8.42 Å².